The van der Waals surface area contributed by atoms with Crippen molar-refractivity contribution in [2.75, 3.05) is 26.2 Å². The average Bonchev–Trinajstić information content (AvgIpc) is 2.18. The first-order valence-corrected chi connectivity index (χ1v) is 5.20. The number of nitrogens with one attached hydrogen (secondary N) is 1. The van der Waals surface area contributed by atoms with E-state index in [0.717, 1.165) is 45.4 Å². The molecule has 1 heterocycles. The summed E-state index contributed by atoms with van der Waals surface area (Å²) in [6.07, 6.45) is 2.53. The highest BCUT2D eigenvalue weighted by atomic mass is 16.2. The minimum atomic E-state index is -0.655. The highest BCUT2D eigenvalue weighted by molar-refractivity contribution is 5.86. The Labute approximate surface area is 83.9 Å². The molecule has 2 rings (SSSR count). The molecule has 0 atom stereocenters. The van der Waals surface area contributed by atoms with Gasteiger partial charge in [0, 0.05) is 26.2 Å². The van der Waals surface area contributed by atoms with Gasteiger partial charge in [-0.1, -0.05) is 0 Å². The van der Waals surface area contributed by atoms with Gasteiger partial charge in [0.15, 0.2) is 0 Å². The van der Waals surface area contributed by atoms with Crippen LogP contribution in [0.5, 0.6) is 0 Å². The van der Waals surface area contributed by atoms with Gasteiger partial charge in [-0.2, -0.15) is 5.26 Å². The minimum Gasteiger partial charge on any atom is -0.339 e. The molecule has 1 saturated carbocycles. The Bertz CT molecular complexity index is 272. The Morgan fingerprint density at radius 2 is 2.00 bits per heavy atom. The van der Waals surface area contributed by atoms with Crippen molar-refractivity contribution in [2.45, 2.75) is 19.3 Å². The van der Waals surface area contributed by atoms with E-state index in [1.54, 1.807) is 0 Å². The van der Waals surface area contributed by atoms with Crippen LogP contribution in [-0.4, -0.2) is 37.0 Å². The van der Waals surface area contributed by atoms with Crippen molar-refractivity contribution in [1.82, 2.24) is 10.2 Å². The Morgan fingerprint density at radius 3 is 2.43 bits per heavy atom. The molecule has 1 saturated heterocycles. The summed E-state index contributed by atoms with van der Waals surface area (Å²) in [6, 6.07) is 2.20. The third-order valence-electron chi connectivity index (χ3n) is 3.23. The van der Waals surface area contributed by atoms with E-state index in [1.807, 2.05) is 4.90 Å². The Morgan fingerprint density at radius 1 is 1.36 bits per heavy atom. The van der Waals surface area contributed by atoms with Gasteiger partial charge in [0.1, 0.15) is 5.41 Å². The number of carbonyl (C=O) groups excluding carboxylic acids is 1. The normalized spacial score (nSPS) is 24.9. The molecule has 0 bridgehead atoms. The Kier molecular flexibility index (Phi) is 2.42. The lowest BCUT2D eigenvalue weighted by Crippen LogP contribution is -2.53. The molecule has 1 N–H and O–H groups in total. The van der Waals surface area contributed by atoms with Crippen molar-refractivity contribution < 1.29 is 4.79 Å². The maximum atomic E-state index is 12.0. The first-order chi connectivity index (χ1) is 6.78. The zero-order valence-electron chi connectivity index (χ0n) is 8.25. The van der Waals surface area contributed by atoms with E-state index in [-0.39, 0.29) is 5.91 Å². The van der Waals surface area contributed by atoms with Gasteiger partial charge in [-0.25, -0.2) is 0 Å². The standard InChI is InChI=1S/C10H15N3O/c11-8-10(2-1-3-10)9(14)13-6-4-12-5-7-13/h12H,1-7H2. The quantitative estimate of drug-likeness (QED) is 0.643. The zero-order chi connectivity index (χ0) is 10.0. The average molecular weight is 193 g/mol. The number of carbonyl (C=O) groups is 1. The second-order valence-electron chi connectivity index (χ2n) is 4.09. The van der Waals surface area contributed by atoms with Crippen LogP contribution >= 0.6 is 0 Å². The third kappa shape index (κ3) is 1.38. The Balaban J connectivity index is 2.03. The van der Waals surface area contributed by atoms with Gasteiger partial charge in [-0.3, -0.25) is 4.79 Å². The monoisotopic (exact) mass is 193 g/mol. The lowest BCUT2D eigenvalue weighted by Gasteiger charge is -2.39. The van der Waals surface area contributed by atoms with Crippen molar-refractivity contribution in [3.63, 3.8) is 0 Å². The first kappa shape index (κ1) is 9.47. The van der Waals surface area contributed by atoms with Crippen LogP contribution in [0.2, 0.25) is 0 Å². The van der Waals surface area contributed by atoms with E-state index in [4.69, 9.17) is 5.26 Å². The minimum absolute atomic E-state index is 0.0627. The van der Waals surface area contributed by atoms with Crippen molar-refractivity contribution in [1.29, 1.82) is 5.26 Å². The Hall–Kier alpha value is -1.08. The van der Waals surface area contributed by atoms with Gasteiger partial charge in [0.05, 0.1) is 6.07 Å². The van der Waals surface area contributed by atoms with Crippen LogP contribution in [0.15, 0.2) is 0 Å². The molecule has 4 nitrogen and oxygen atoms in total. The summed E-state index contributed by atoms with van der Waals surface area (Å²) in [5, 5.41) is 12.2. The van der Waals surface area contributed by atoms with Gasteiger partial charge in [0.25, 0.3) is 0 Å². The van der Waals surface area contributed by atoms with Crippen LogP contribution < -0.4 is 5.32 Å². The van der Waals surface area contributed by atoms with Crippen LogP contribution in [-0.2, 0) is 4.79 Å². The number of nitriles is 1. The van der Waals surface area contributed by atoms with Gasteiger partial charge >= 0.3 is 0 Å². The largest absolute Gasteiger partial charge is 0.339 e. The summed E-state index contributed by atoms with van der Waals surface area (Å²) in [5.41, 5.74) is -0.655. The molecule has 76 valence electrons. The predicted molar refractivity (Wildman–Crippen MR) is 51.3 cm³/mol. The first-order valence-electron chi connectivity index (χ1n) is 5.20. The SMILES string of the molecule is N#CC1(C(=O)N2CCNCC2)CCC1. The fourth-order valence-electron chi connectivity index (χ4n) is 2.07. The second-order valence-corrected chi connectivity index (χ2v) is 4.09. The molecule has 4 heteroatoms. The molecular formula is C10H15N3O. The van der Waals surface area contributed by atoms with Crippen molar-refractivity contribution in [2.24, 2.45) is 5.41 Å². The van der Waals surface area contributed by atoms with Crippen molar-refractivity contribution in [3.05, 3.63) is 0 Å². The fourth-order valence-corrected chi connectivity index (χ4v) is 2.07. The molecule has 1 aliphatic heterocycles. The highest BCUT2D eigenvalue weighted by Crippen LogP contribution is 2.41. The van der Waals surface area contributed by atoms with Gasteiger partial charge in [-0.15, -0.1) is 0 Å². The summed E-state index contributed by atoms with van der Waals surface area (Å²) in [7, 11) is 0. The lowest BCUT2D eigenvalue weighted by molar-refractivity contribution is -0.143. The molecule has 1 aliphatic carbocycles. The van der Waals surface area contributed by atoms with Gasteiger partial charge in [0.2, 0.25) is 5.91 Å². The molecule has 0 aromatic rings. The summed E-state index contributed by atoms with van der Waals surface area (Å²) in [5.74, 6) is 0.0627. The van der Waals surface area contributed by atoms with E-state index in [0.29, 0.717) is 0 Å². The van der Waals surface area contributed by atoms with E-state index >= 15 is 0 Å². The molecule has 0 aromatic carbocycles. The lowest BCUT2D eigenvalue weighted by atomic mass is 9.69. The molecule has 1 amide bonds. The van der Waals surface area contributed by atoms with Gasteiger partial charge in [-0.05, 0) is 19.3 Å². The smallest absolute Gasteiger partial charge is 0.243 e. The number of hydrogen-bond acceptors (Lipinski definition) is 3. The van der Waals surface area contributed by atoms with E-state index in [1.165, 1.54) is 0 Å². The summed E-state index contributed by atoms with van der Waals surface area (Å²) >= 11 is 0. The number of piperazine rings is 1. The topological polar surface area (TPSA) is 56.1 Å². The van der Waals surface area contributed by atoms with Crippen LogP contribution in [0, 0.1) is 16.7 Å². The molecule has 0 radical (unpaired) electrons. The molecule has 2 fully saturated rings. The molecule has 0 spiro atoms. The number of hydrogen-bond donors (Lipinski definition) is 1. The fraction of sp³-hybridized carbons (Fsp3) is 0.800. The van der Waals surface area contributed by atoms with Crippen molar-refractivity contribution >= 4 is 5.91 Å². The number of amides is 1. The zero-order valence-corrected chi connectivity index (χ0v) is 8.25. The number of nitrogens with zero attached hydrogens (tertiary/aromatic N) is 2. The van der Waals surface area contributed by atoms with E-state index in [9.17, 15) is 4.79 Å². The second kappa shape index (κ2) is 3.58. The molecule has 14 heavy (non-hydrogen) atoms. The van der Waals surface area contributed by atoms with Crippen LogP contribution in [0.4, 0.5) is 0 Å². The molecule has 0 aromatic heterocycles. The van der Waals surface area contributed by atoms with Crippen LogP contribution in [0.1, 0.15) is 19.3 Å². The summed E-state index contributed by atoms with van der Waals surface area (Å²) in [4.78, 5) is 13.8. The van der Waals surface area contributed by atoms with E-state index < -0.39 is 5.41 Å². The van der Waals surface area contributed by atoms with Gasteiger partial charge < -0.3 is 10.2 Å². The third-order valence-corrected chi connectivity index (χ3v) is 3.23. The maximum absolute atomic E-state index is 12.0. The van der Waals surface area contributed by atoms with Crippen LogP contribution in [0.25, 0.3) is 0 Å². The highest BCUT2D eigenvalue weighted by Gasteiger charge is 2.46. The molecule has 2 aliphatic rings. The molecular weight excluding hydrogens is 178 g/mol. The van der Waals surface area contributed by atoms with E-state index in [2.05, 4.69) is 11.4 Å². The number of rotatable bonds is 1. The summed E-state index contributed by atoms with van der Waals surface area (Å²) < 4.78 is 0. The van der Waals surface area contributed by atoms with Crippen LogP contribution in [0.3, 0.4) is 0 Å². The molecule has 0 unspecified atom stereocenters. The summed E-state index contributed by atoms with van der Waals surface area (Å²) in [6.45, 7) is 3.21. The maximum Gasteiger partial charge on any atom is 0.243 e. The van der Waals surface area contributed by atoms with Crippen molar-refractivity contribution in [3.8, 4) is 6.07 Å². The predicted octanol–water partition coefficient (Wildman–Crippen LogP) is 0.112.